The van der Waals surface area contributed by atoms with Crippen LogP contribution in [0.3, 0.4) is 0 Å². The second-order valence-corrected chi connectivity index (χ2v) is 13.2. The van der Waals surface area contributed by atoms with Crippen LogP contribution in [0, 0.1) is 5.82 Å². The second kappa shape index (κ2) is 13.1. The largest absolute Gasteiger partial charge is 0.471 e. The van der Waals surface area contributed by atoms with E-state index in [1.807, 2.05) is 0 Å². The Hall–Kier alpha value is -3.62. The first kappa shape index (κ1) is 36.2. The van der Waals surface area contributed by atoms with Crippen molar-refractivity contribution in [2.75, 3.05) is 6.73 Å². The van der Waals surface area contributed by atoms with Crippen molar-refractivity contribution in [1.29, 1.82) is 0 Å². The van der Waals surface area contributed by atoms with Crippen LogP contribution in [0.5, 0.6) is 0 Å². The highest BCUT2D eigenvalue weighted by atomic mass is 32.2. The summed E-state index contributed by atoms with van der Waals surface area (Å²) in [5.41, 5.74) is -3.04. The quantitative estimate of drug-likeness (QED) is 0.185. The third kappa shape index (κ3) is 8.28. The Balaban J connectivity index is 1.77. The molecule has 3 heterocycles. The van der Waals surface area contributed by atoms with Crippen LogP contribution in [0.25, 0.3) is 11.3 Å². The minimum atomic E-state index is -5.42. The first-order chi connectivity index (χ1) is 21.6. The Morgan fingerprint density at radius 1 is 1.04 bits per heavy atom. The molecule has 1 saturated heterocycles. The molecule has 0 aliphatic carbocycles. The number of benzene rings is 1. The van der Waals surface area contributed by atoms with Gasteiger partial charge >= 0.3 is 20.2 Å². The van der Waals surface area contributed by atoms with Crippen molar-refractivity contribution in [2.45, 2.75) is 55.4 Å². The molecule has 0 saturated carbocycles. The zero-order valence-electron chi connectivity index (χ0n) is 23.5. The van der Waals surface area contributed by atoms with E-state index < -0.39 is 107 Å². The highest BCUT2D eigenvalue weighted by Crippen LogP contribution is 2.39. The molecule has 47 heavy (non-hydrogen) atoms. The van der Waals surface area contributed by atoms with Crippen LogP contribution in [-0.4, -0.2) is 73.3 Å². The number of nitrogens with zero attached hydrogens (tertiary/aromatic N) is 5. The maximum absolute atomic E-state index is 15.0. The van der Waals surface area contributed by atoms with Crippen LogP contribution in [0.2, 0.25) is 0 Å². The van der Waals surface area contributed by atoms with Crippen LogP contribution in [0.4, 0.5) is 35.1 Å². The predicted molar refractivity (Wildman–Crippen MR) is 142 cm³/mol. The molecule has 12 nitrogen and oxygen atoms in total. The minimum Gasteiger partial charge on any atom is -0.313 e. The molecule has 2 N–H and O–H groups in total. The van der Waals surface area contributed by atoms with Gasteiger partial charge in [0.15, 0.2) is 0 Å². The number of carbonyl (C=O) groups excluding carboxylic acids is 1. The van der Waals surface area contributed by atoms with Crippen LogP contribution >= 0.6 is 7.82 Å². The lowest BCUT2D eigenvalue weighted by Crippen LogP contribution is -2.50. The molecule has 1 aliphatic heterocycles. The number of alkyl halides is 7. The van der Waals surface area contributed by atoms with Crippen molar-refractivity contribution in [3.8, 4) is 11.3 Å². The van der Waals surface area contributed by atoms with Gasteiger partial charge in [-0.3, -0.25) is 14.3 Å². The molecule has 256 valence electrons. The molecule has 1 aliphatic rings. The molecular formula is C25H22F8N5O7PS. The maximum atomic E-state index is 15.0. The summed E-state index contributed by atoms with van der Waals surface area (Å²) in [5.74, 6) is -3.81. The first-order valence-corrected chi connectivity index (χ1v) is 15.9. The lowest BCUT2D eigenvalue weighted by molar-refractivity contribution is -0.145. The Bertz CT molecular complexity index is 1770. The average Bonchev–Trinajstić information content (AvgIpc) is 3.28. The van der Waals surface area contributed by atoms with Gasteiger partial charge < -0.3 is 14.7 Å². The molecule has 3 aromatic rings. The van der Waals surface area contributed by atoms with E-state index in [0.29, 0.717) is 27.7 Å². The second-order valence-electron chi connectivity index (χ2n) is 10.1. The van der Waals surface area contributed by atoms with E-state index in [1.165, 1.54) is 0 Å². The van der Waals surface area contributed by atoms with Gasteiger partial charge in [0, 0.05) is 37.1 Å². The fourth-order valence-electron chi connectivity index (χ4n) is 4.68. The number of hydrogen-bond acceptors (Lipinski definition) is 8. The van der Waals surface area contributed by atoms with E-state index in [1.54, 1.807) is 0 Å². The molecule has 1 fully saturated rings. The smallest absolute Gasteiger partial charge is 0.313 e. The summed E-state index contributed by atoms with van der Waals surface area (Å²) in [4.78, 5) is 41.8. The van der Waals surface area contributed by atoms with Gasteiger partial charge in [-0.25, -0.2) is 31.7 Å². The fraction of sp³-hybridized carbons (Fsp3) is 0.360. The van der Waals surface area contributed by atoms with Gasteiger partial charge in [-0.1, -0.05) is 0 Å². The van der Waals surface area contributed by atoms with E-state index in [-0.39, 0.29) is 11.8 Å². The Morgan fingerprint density at radius 2 is 1.64 bits per heavy atom. The van der Waals surface area contributed by atoms with Gasteiger partial charge in [0.05, 0.1) is 22.2 Å². The molecule has 0 bridgehead atoms. The topological polar surface area (TPSA) is 163 Å². The Labute approximate surface area is 260 Å². The molecule has 22 heteroatoms. The molecule has 1 amide bonds. The van der Waals surface area contributed by atoms with Gasteiger partial charge in [0.1, 0.15) is 24.8 Å². The summed E-state index contributed by atoms with van der Waals surface area (Å²) in [6.07, 6.45) is -11.4. The zero-order chi connectivity index (χ0) is 35.1. The van der Waals surface area contributed by atoms with E-state index >= 15 is 0 Å². The van der Waals surface area contributed by atoms with Crippen molar-refractivity contribution in [2.24, 2.45) is 0 Å². The molecule has 0 unspecified atom stereocenters. The predicted octanol–water partition coefficient (Wildman–Crippen LogP) is 4.30. The summed E-state index contributed by atoms with van der Waals surface area (Å²) in [6.45, 7) is -1.52. The molecule has 4 rings (SSSR count). The highest BCUT2D eigenvalue weighted by Gasteiger charge is 2.50. The lowest BCUT2D eigenvalue weighted by atomic mass is 10.1. The van der Waals surface area contributed by atoms with Crippen molar-refractivity contribution in [1.82, 2.24) is 24.2 Å². The summed E-state index contributed by atoms with van der Waals surface area (Å²) in [7, 11) is -10.2. The van der Waals surface area contributed by atoms with Crippen LogP contribution in [-0.2, 0) is 42.8 Å². The van der Waals surface area contributed by atoms with E-state index in [4.69, 9.17) is 0 Å². The number of aromatic nitrogens is 3. The van der Waals surface area contributed by atoms with Crippen molar-refractivity contribution >= 4 is 23.8 Å². The third-order valence-electron chi connectivity index (χ3n) is 6.91. The number of carbonyl (C=O) groups is 1. The van der Waals surface area contributed by atoms with E-state index in [2.05, 4.69) is 19.5 Å². The first-order valence-electron chi connectivity index (χ1n) is 13.0. The van der Waals surface area contributed by atoms with Crippen LogP contribution in [0.1, 0.15) is 30.3 Å². The van der Waals surface area contributed by atoms with Gasteiger partial charge in [0.25, 0.3) is 0 Å². The molecule has 0 radical (unpaired) electrons. The molecule has 1 aromatic carbocycles. The standard InChI is InChI=1S/C25H22F8N5O7PS/c1-13-19(27)7-21(38(13)47(43,44)17-4-2-16(26)3-5-17)22(39)37(12-45-46(40,41)42)11-14-6-20(34-10-18(14)24(28,29)30)15-8-35-23(36-9-15)25(31,32)33/h2-6,8-10,13,19,21H,7,11-12H2,1H3,(H2,40,41,42)/t13-,19+,21-/m0/s1. The summed E-state index contributed by atoms with van der Waals surface area (Å²) in [6, 6.07) is 0.402. The van der Waals surface area contributed by atoms with E-state index in [0.717, 1.165) is 31.2 Å². The fourth-order valence-corrected chi connectivity index (χ4v) is 6.77. The molecule has 3 atom stereocenters. The maximum Gasteiger partial charge on any atom is 0.471 e. The van der Waals surface area contributed by atoms with Crippen molar-refractivity contribution in [3.63, 3.8) is 0 Å². The summed E-state index contributed by atoms with van der Waals surface area (Å²) in [5, 5.41) is 0. The Morgan fingerprint density at radius 3 is 2.17 bits per heavy atom. The monoisotopic (exact) mass is 719 g/mol. The van der Waals surface area contributed by atoms with Crippen LogP contribution < -0.4 is 0 Å². The van der Waals surface area contributed by atoms with Crippen molar-refractivity contribution in [3.05, 3.63) is 71.7 Å². The van der Waals surface area contributed by atoms with Gasteiger partial charge in [-0.15, -0.1) is 0 Å². The molecular weight excluding hydrogens is 697 g/mol. The normalized spacial score (nSPS) is 19.6. The van der Waals surface area contributed by atoms with Gasteiger partial charge in [0.2, 0.25) is 21.8 Å². The minimum absolute atomic E-state index is 0.273. The number of phosphoric acid groups is 1. The third-order valence-corrected chi connectivity index (χ3v) is 9.37. The number of phosphoric ester groups is 1. The number of halogens is 8. The lowest BCUT2D eigenvalue weighted by Gasteiger charge is -2.31. The number of rotatable bonds is 9. The van der Waals surface area contributed by atoms with E-state index in [9.17, 15) is 62.7 Å². The van der Waals surface area contributed by atoms with Crippen LogP contribution in [0.15, 0.2) is 53.8 Å². The number of amides is 1. The number of hydrogen-bond donors (Lipinski definition) is 2. The molecule has 0 spiro atoms. The molecule has 2 aromatic heterocycles. The summed E-state index contributed by atoms with van der Waals surface area (Å²) < 4.78 is 152. The average molecular weight is 720 g/mol. The van der Waals surface area contributed by atoms with Crippen molar-refractivity contribution < 1.29 is 67.2 Å². The highest BCUT2D eigenvalue weighted by molar-refractivity contribution is 7.89. The van der Waals surface area contributed by atoms with Gasteiger partial charge in [-0.05, 0) is 42.8 Å². The zero-order valence-corrected chi connectivity index (χ0v) is 25.2. The number of sulfonamides is 1. The Kier molecular flexibility index (Phi) is 10.1. The van der Waals surface area contributed by atoms with Gasteiger partial charge in [-0.2, -0.15) is 30.6 Å². The summed E-state index contributed by atoms with van der Waals surface area (Å²) >= 11 is 0. The SMILES string of the molecule is C[C@H]1[C@H](F)C[C@@H](C(=O)N(COP(=O)(O)O)Cc2cc(-c3cnc(C(F)(F)F)nc3)ncc2C(F)(F)F)N1S(=O)(=O)c1ccc(F)cc1. The number of pyridine rings is 1.